The molecular weight excluding hydrogens is 442 g/mol. The Kier molecular flexibility index (Phi) is 7.52. The van der Waals surface area contributed by atoms with Crippen LogP contribution in [0, 0.1) is 5.92 Å². The summed E-state index contributed by atoms with van der Waals surface area (Å²) >= 11 is 1.24. The van der Waals surface area contributed by atoms with Crippen LogP contribution in [0.3, 0.4) is 0 Å². The molecule has 0 spiro atoms. The maximum Gasteiger partial charge on any atom is 0.309 e. The largest absolute Gasteiger partial charge is 0.457 e. The number of nitrogens with one attached hydrogen (secondary N) is 1. The number of Topliss-reactive ketones (excluding diaryl/α,β-unsaturated/α-hetero) is 1. The lowest BCUT2D eigenvalue weighted by Gasteiger charge is -2.29. The summed E-state index contributed by atoms with van der Waals surface area (Å²) < 4.78 is 31.8. The van der Waals surface area contributed by atoms with Crippen LogP contribution in [0.4, 0.5) is 0 Å². The van der Waals surface area contributed by atoms with Gasteiger partial charge in [0.1, 0.15) is 4.90 Å². The van der Waals surface area contributed by atoms with E-state index < -0.39 is 21.9 Å². The minimum absolute atomic E-state index is 0.121. The molecule has 0 bridgehead atoms. The Morgan fingerprint density at radius 3 is 2.61 bits per heavy atom. The number of sulfonamides is 1. The van der Waals surface area contributed by atoms with Crippen LogP contribution in [-0.2, 0) is 30.9 Å². The van der Waals surface area contributed by atoms with Crippen LogP contribution in [0.2, 0.25) is 0 Å². The first-order valence-corrected chi connectivity index (χ1v) is 12.0. The van der Waals surface area contributed by atoms with E-state index in [1.54, 1.807) is 18.2 Å². The average molecular weight is 466 g/mol. The number of esters is 1. The number of nitrogens with zero attached hydrogens (tertiary/aromatic N) is 2. The number of pyridine rings is 1. The second kappa shape index (κ2) is 10.1. The van der Waals surface area contributed by atoms with Crippen molar-refractivity contribution in [3.05, 3.63) is 46.4 Å². The van der Waals surface area contributed by atoms with Crippen LogP contribution in [0.15, 0.2) is 41.6 Å². The Morgan fingerprint density at radius 1 is 1.23 bits per heavy atom. The van der Waals surface area contributed by atoms with Gasteiger partial charge in [-0.15, -0.1) is 11.3 Å². The highest BCUT2D eigenvalue weighted by molar-refractivity contribution is 7.89. The fraction of sp³-hybridized carbons (Fsp3) is 0.400. The molecule has 1 saturated heterocycles. The van der Waals surface area contributed by atoms with Gasteiger partial charge in [-0.05, 0) is 37.1 Å². The zero-order chi connectivity index (χ0) is 22.4. The van der Waals surface area contributed by atoms with Crippen LogP contribution in [0.1, 0.15) is 34.3 Å². The number of amides is 1. The molecule has 9 nitrogen and oxygen atoms in total. The molecule has 166 valence electrons. The van der Waals surface area contributed by atoms with Gasteiger partial charge in [0.25, 0.3) is 0 Å². The van der Waals surface area contributed by atoms with Crippen molar-refractivity contribution >= 4 is 39.0 Å². The lowest BCUT2D eigenvalue weighted by Crippen LogP contribution is -2.40. The van der Waals surface area contributed by atoms with Gasteiger partial charge >= 0.3 is 5.97 Å². The summed E-state index contributed by atoms with van der Waals surface area (Å²) in [4.78, 5) is 40.8. The molecule has 0 atom stereocenters. The summed E-state index contributed by atoms with van der Waals surface area (Å²) in [5.41, 5.74) is 0. The van der Waals surface area contributed by atoms with E-state index in [0.717, 1.165) is 4.88 Å². The molecule has 0 aliphatic carbocycles. The molecule has 1 aliphatic rings. The highest BCUT2D eigenvalue weighted by Gasteiger charge is 2.33. The predicted molar refractivity (Wildman–Crippen MR) is 113 cm³/mol. The molecule has 11 heteroatoms. The van der Waals surface area contributed by atoms with Crippen molar-refractivity contribution in [2.45, 2.75) is 31.2 Å². The lowest BCUT2D eigenvalue weighted by atomic mass is 9.98. The van der Waals surface area contributed by atoms with Gasteiger partial charge in [-0.25, -0.2) is 8.42 Å². The number of ether oxygens (including phenoxy) is 1. The van der Waals surface area contributed by atoms with Crippen LogP contribution < -0.4 is 5.32 Å². The van der Waals surface area contributed by atoms with Gasteiger partial charge in [0.2, 0.25) is 21.7 Å². The molecule has 0 saturated carbocycles. The summed E-state index contributed by atoms with van der Waals surface area (Å²) in [6.45, 7) is 1.78. The minimum Gasteiger partial charge on any atom is -0.457 e. The molecular formula is C20H23N3O6S2. The van der Waals surface area contributed by atoms with E-state index in [4.69, 9.17) is 4.74 Å². The smallest absolute Gasteiger partial charge is 0.309 e. The summed E-state index contributed by atoms with van der Waals surface area (Å²) in [6.07, 6.45) is 3.45. The van der Waals surface area contributed by atoms with E-state index in [1.165, 1.54) is 41.0 Å². The fourth-order valence-corrected chi connectivity index (χ4v) is 5.45. The number of ketones is 1. The van der Waals surface area contributed by atoms with Crippen LogP contribution in [-0.4, -0.2) is 55.1 Å². The van der Waals surface area contributed by atoms with E-state index >= 15 is 0 Å². The van der Waals surface area contributed by atoms with Crippen LogP contribution in [0.25, 0.3) is 0 Å². The van der Waals surface area contributed by atoms with Gasteiger partial charge in [-0.1, -0.05) is 0 Å². The molecule has 0 radical (unpaired) electrons. The monoisotopic (exact) mass is 465 g/mol. The van der Waals surface area contributed by atoms with Gasteiger partial charge in [0, 0.05) is 37.3 Å². The quantitative estimate of drug-likeness (QED) is 0.464. The lowest BCUT2D eigenvalue weighted by molar-refractivity contribution is -0.148. The van der Waals surface area contributed by atoms with Crippen LogP contribution in [0.5, 0.6) is 0 Å². The Morgan fingerprint density at radius 2 is 1.97 bits per heavy atom. The van der Waals surface area contributed by atoms with Crippen molar-refractivity contribution in [2.24, 2.45) is 5.92 Å². The first-order valence-electron chi connectivity index (χ1n) is 9.70. The van der Waals surface area contributed by atoms with E-state index in [0.29, 0.717) is 24.3 Å². The summed E-state index contributed by atoms with van der Waals surface area (Å²) in [5.74, 6) is -1.42. The Hall–Kier alpha value is -2.63. The highest BCUT2D eigenvalue weighted by Crippen LogP contribution is 2.24. The van der Waals surface area contributed by atoms with Gasteiger partial charge in [0.15, 0.2) is 6.61 Å². The molecule has 1 fully saturated rings. The number of hydrogen-bond acceptors (Lipinski definition) is 8. The van der Waals surface area contributed by atoms with Gasteiger partial charge in [0.05, 0.1) is 17.3 Å². The van der Waals surface area contributed by atoms with Gasteiger partial charge in [-0.2, -0.15) is 4.31 Å². The predicted octanol–water partition coefficient (Wildman–Crippen LogP) is 1.61. The number of hydrogen-bond donors (Lipinski definition) is 1. The molecule has 2 aromatic heterocycles. The van der Waals surface area contributed by atoms with Crippen molar-refractivity contribution < 1.29 is 27.5 Å². The van der Waals surface area contributed by atoms with Gasteiger partial charge < -0.3 is 10.1 Å². The Labute approximate surface area is 184 Å². The molecule has 1 aliphatic heterocycles. The van der Waals surface area contributed by atoms with E-state index in [2.05, 4.69) is 10.3 Å². The molecule has 3 heterocycles. The Bertz CT molecular complexity index is 1040. The zero-order valence-electron chi connectivity index (χ0n) is 16.9. The van der Waals surface area contributed by atoms with Crippen molar-refractivity contribution in [2.75, 3.05) is 19.7 Å². The molecule has 1 N–H and O–H groups in total. The normalized spacial score (nSPS) is 15.4. The SMILES string of the molecule is CC(=O)NCc1ccc(C(=O)COC(=O)C2CCN(S(=O)(=O)c3cccnc3)CC2)s1. The average Bonchev–Trinajstić information content (AvgIpc) is 3.26. The summed E-state index contributed by atoms with van der Waals surface area (Å²) in [7, 11) is -3.64. The number of carbonyl (C=O) groups is 3. The van der Waals surface area contributed by atoms with Crippen molar-refractivity contribution in [3.8, 4) is 0 Å². The summed E-state index contributed by atoms with van der Waals surface area (Å²) in [5, 5.41) is 2.66. The van der Waals surface area contributed by atoms with E-state index in [9.17, 15) is 22.8 Å². The second-order valence-electron chi connectivity index (χ2n) is 7.07. The number of aromatic nitrogens is 1. The maximum absolute atomic E-state index is 12.6. The summed E-state index contributed by atoms with van der Waals surface area (Å²) in [6, 6.07) is 6.43. The first-order chi connectivity index (χ1) is 14.8. The third-order valence-electron chi connectivity index (χ3n) is 4.85. The fourth-order valence-electron chi connectivity index (χ4n) is 3.14. The number of thiophene rings is 1. The zero-order valence-corrected chi connectivity index (χ0v) is 18.6. The number of piperidine rings is 1. The molecule has 0 aromatic carbocycles. The maximum atomic E-state index is 12.6. The molecule has 2 aromatic rings. The molecule has 3 rings (SSSR count). The number of carbonyl (C=O) groups excluding carboxylic acids is 3. The molecule has 0 unspecified atom stereocenters. The highest BCUT2D eigenvalue weighted by atomic mass is 32.2. The first kappa shape index (κ1) is 23.0. The Balaban J connectivity index is 1.47. The molecule has 31 heavy (non-hydrogen) atoms. The van der Waals surface area contributed by atoms with E-state index in [1.807, 2.05) is 0 Å². The topological polar surface area (TPSA) is 123 Å². The third kappa shape index (κ3) is 5.96. The van der Waals surface area contributed by atoms with Crippen molar-refractivity contribution in [3.63, 3.8) is 0 Å². The minimum atomic E-state index is -3.64. The molecule has 1 amide bonds. The van der Waals surface area contributed by atoms with E-state index in [-0.39, 0.29) is 36.3 Å². The van der Waals surface area contributed by atoms with Crippen LogP contribution >= 0.6 is 11.3 Å². The number of rotatable bonds is 8. The van der Waals surface area contributed by atoms with Crippen molar-refractivity contribution in [1.82, 2.24) is 14.6 Å². The van der Waals surface area contributed by atoms with Gasteiger partial charge in [-0.3, -0.25) is 19.4 Å². The second-order valence-corrected chi connectivity index (χ2v) is 10.2. The van der Waals surface area contributed by atoms with Crippen molar-refractivity contribution in [1.29, 1.82) is 0 Å². The standard InChI is InChI=1S/C20H23N3O6S2/c1-14(24)22-11-16-4-5-19(30-16)18(25)13-29-20(26)15-6-9-23(10-7-15)31(27,28)17-3-2-8-21-12-17/h2-5,8,12,15H,6-7,9-11,13H2,1H3,(H,22,24). The third-order valence-corrected chi connectivity index (χ3v) is 7.86.